The number of hydrogen-bond donors (Lipinski definition) is 0. The lowest BCUT2D eigenvalue weighted by atomic mass is 9.82. The highest BCUT2D eigenvalue weighted by Gasteiger charge is 2.47. The maximum Gasteiger partial charge on any atom is 0.264 e. The number of hydrogen-bond acceptors (Lipinski definition) is 8. The van der Waals surface area contributed by atoms with Gasteiger partial charge in [-0.1, -0.05) is 207 Å². The SMILES string of the molecule is CCCCCCCCCCC(CCCCCCCC)CN1C(=O)c2c(F)c(F)c3c4c(c5nc6cc(C#N)c(C#N)cc6nc5c(c24)C1=O)C(=O)N(CC(CCCCCCCC)CCCCCCCCCC)C3=O. The second-order valence-corrected chi connectivity index (χ2v) is 21.7. The van der Waals surface area contributed by atoms with Crippen LogP contribution < -0.4 is 0 Å². The number of benzene rings is 3. The van der Waals surface area contributed by atoms with Gasteiger partial charge in [-0.15, -0.1) is 0 Å². The van der Waals surface area contributed by atoms with E-state index in [1.807, 2.05) is 12.1 Å². The molecule has 4 amide bonds. The summed E-state index contributed by atoms with van der Waals surface area (Å²) in [4.78, 5) is 72.2. The molecule has 10 nitrogen and oxygen atoms in total. The van der Waals surface area contributed by atoms with Crippen LogP contribution in [-0.4, -0.2) is 56.5 Å². The van der Waals surface area contributed by atoms with Gasteiger partial charge in [0.25, 0.3) is 23.6 Å². The number of nitriles is 2. The van der Waals surface area contributed by atoms with Gasteiger partial charge in [-0.2, -0.15) is 10.5 Å². The molecule has 0 saturated heterocycles. The molecule has 74 heavy (non-hydrogen) atoms. The predicted molar refractivity (Wildman–Crippen MR) is 292 cm³/mol. The van der Waals surface area contributed by atoms with Crippen LogP contribution >= 0.6 is 0 Å². The lowest BCUT2D eigenvalue weighted by molar-refractivity contribution is 0.0552. The molecule has 0 bridgehead atoms. The van der Waals surface area contributed by atoms with Gasteiger partial charge in [-0.3, -0.25) is 29.0 Å². The van der Waals surface area contributed by atoms with Gasteiger partial charge in [-0.05, 0) is 49.7 Å². The molecule has 6 rings (SSSR count). The number of carbonyl (C=O) groups is 4. The topological polar surface area (TPSA) is 148 Å². The van der Waals surface area contributed by atoms with Crippen molar-refractivity contribution in [1.82, 2.24) is 19.8 Å². The molecule has 400 valence electrons. The highest BCUT2D eigenvalue weighted by molar-refractivity contribution is 6.38. The molecule has 0 spiro atoms. The number of imide groups is 2. The largest absolute Gasteiger partial charge is 0.274 e. The highest BCUT2D eigenvalue weighted by Crippen LogP contribution is 2.45. The Labute approximate surface area is 440 Å². The van der Waals surface area contributed by atoms with Crippen LogP contribution in [0.3, 0.4) is 0 Å². The van der Waals surface area contributed by atoms with Crippen molar-refractivity contribution in [3.05, 3.63) is 57.1 Å². The van der Waals surface area contributed by atoms with E-state index in [-0.39, 0.29) is 80.0 Å². The van der Waals surface area contributed by atoms with Crippen molar-refractivity contribution >= 4 is 56.5 Å². The van der Waals surface area contributed by atoms with Crippen LogP contribution in [0.5, 0.6) is 0 Å². The first-order chi connectivity index (χ1) is 36.1. The third kappa shape index (κ3) is 14.1. The third-order valence-electron chi connectivity index (χ3n) is 16.0. The van der Waals surface area contributed by atoms with Crippen LogP contribution in [0.25, 0.3) is 32.8 Å². The van der Waals surface area contributed by atoms with Crippen molar-refractivity contribution in [2.24, 2.45) is 11.8 Å². The van der Waals surface area contributed by atoms with E-state index in [1.54, 1.807) is 0 Å². The Bertz CT molecular complexity index is 2490. The number of fused-ring (bicyclic) bond motifs is 4. The van der Waals surface area contributed by atoms with Crippen molar-refractivity contribution in [1.29, 1.82) is 10.5 Å². The molecule has 0 radical (unpaired) electrons. The summed E-state index contributed by atoms with van der Waals surface area (Å²) in [6.45, 7) is 8.71. The van der Waals surface area contributed by atoms with E-state index in [2.05, 4.69) is 27.7 Å². The average molecular weight is 1020 g/mol. The number of aromatic nitrogens is 2. The van der Waals surface area contributed by atoms with Crippen LogP contribution in [0.15, 0.2) is 12.1 Å². The molecular weight excluding hydrogens is 931 g/mol. The maximum absolute atomic E-state index is 17.2. The summed E-state index contributed by atoms with van der Waals surface area (Å²) in [5.41, 5.74) is -1.81. The molecule has 4 aromatic rings. The summed E-state index contributed by atoms with van der Waals surface area (Å²) >= 11 is 0. The molecule has 2 aliphatic rings. The minimum Gasteiger partial charge on any atom is -0.274 e. The van der Waals surface area contributed by atoms with Gasteiger partial charge >= 0.3 is 0 Å². The smallest absolute Gasteiger partial charge is 0.264 e. The molecular formula is C62H84F2N6O4. The van der Waals surface area contributed by atoms with Gasteiger partial charge in [0.2, 0.25) is 0 Å². The zero-order valence-electron chi connectivity index (χ0n) is 45.4. The highest BCUT2D eigenvalue weighted by atomic mass is 19.2. The molecule has 2 aliphatic heterocycles. The predicted octanol–water partition coefficient (Wildman–Crippen LogP) is 16.9. The lowest BCUT2D eigenvalue weighted by Crippen LogP contribution is -2.47. The zero-order chi connectivity index (χ0) is 53.0. The first-order valence-corrected chi connectivity index (χ1v) is 29.2. The van der Waals surface area contributed by atoms with Crippen LogP contribution in [0.2, 0.25) is 0 Å². The minimum atomic E-state index is -1.54. The molecule has 1 aromatic heterocycles. The molecule has 2 unspecified atom stereocenters. The number of rotatable bonds is 36. The van der Waals surface area contributed by atoms with Gasteiger partial charge < -0.3 is 0 Å². The molecule has 0 fully saturated rings. The van der Waals surface area contributed by atoms with Gasteiger partial charge in [0.1, 0.15) is 23.2 Å². The fourth-order valence-corrected chi connectivity index (χ4v) is 11.7. The Balaban J connectivity index is 1.42. The van der Waals surface area contributed by atoms with Crippen LogP contribution in [0.1, 0.15) is 286 Å². The Morgan fingerprint density at radius 3 is 0.946 bits per heavy atom. The monoisotopic (exact) mass is 1010 g/mol. The van der Waals surface area contributed by atoms with E-state index in [1.165, 1.54) is 63.5 Å². The van der Waals surface area contributed by atoms with Crippen molar-refractivity contribution in [2.75, 3.05) is 13.1 Å². The van der Waals surface area contributed by atoms with Crippen LogP contribution in [0, 0.1) is 46.1 Å². The van der Waals surface area contributed by atoms with Crippen molar-refractivity contribution in [2.45, 2.75) is 233 Å². The number of unbranched alkanes of at least 4 members (excludes halogenated alkanes) is 24. The molecule has 12 heteroatoms. The van der Waals surface area contributed by atoms with Crippen LogP contribution in [0.4, 0.5) is 8.78 Å². The zero-order valence-corrected chi connectivity index (χ0v) is 45.4. The van der Waals surface area contributed by atoms with E-state index in [4.69, 9.17) is 9.97 Å². The lowest BCUT2D eigenvalue weighted by Gasteiger charge is -2.35. The molecule has 2 atom stereocenters. The van der Waals surface area contributed by atoms with E-state index in [9.17, 15) is 20.1 Å². The van der Waals surface area contributed by atoms with E-state index in [0.717, 1.165) is 164 Å². The molecule has 0 N–H and O–H groups in total. The van der Waals surface area contributed by atoms with Crippen molar-refractivity contribution in [3.8, 4) is 12.1 Å². The second-order valence-electron chi connectivity index (χ2n) is 21.7. The first kappa shape index (κ1) is 57.9. The third-order valence-corrected chi connectivity index (χ3v) is 16.0. The minimum absolute atomic E-state index is 0.0166. The number of amides is 4. The molecule has 3 heterocycles. The van der Waals surface area contributed by atoms with Gasteiger partial charge in [-0.25, -0.2) is 18.7 Å². The summed E-state index contributed by atoms with van der Waals surface area (Å²) in [6.07, 6.45) is 33.8. The standard InChI is InChI=1S/C62H84F2N6O4/c1-5-9-13-17-21-23-27-31-35-43(33-29-25-19-15-11-7-3)41-69-59(71)51-49-50-52(56(64)55(51)63)60(72)70(42-44(34-30-26-20-16-12-8-4)36-32-28-24-22-18-14-10-6-2)62(74)54(50)58-57(53(49)61(69)73)67-47-37-45(39-65)46(40-66)38-48(47)68-58/h37-38,43-44H,5-36,41-42H2,1-4H3. The maximum atomic E-state index is 17.2. The Morgan fingerprint density at radius 1 is 0.419 bits per heavy atom. The fourth-order valence-electron chi connectivity index (χ4n) is 11.7. The quantitative estimate of drug-likeness (QED) is 0.0248. The summed E-state index contributed by atoms with van der Waals surface area (Å²) in [7, 11) is 0. The van der Waals surface area contributed by atoms with E-state index < -0.39 is 46.4 Å². The van der Waals surface area contributed by atoms with Crippen molar-refractivity contribution in [3.63, 3.8) is 0 Å². The summed E-state index contributed by atoms with van der Waals surface area (Å²) in [5.74, 6) is -6.88. The number of halogens is 2. The summed E-state index contributed by atoms with van der Waals surface area (Å²) < 4.78 is 34.4. The Kier molecular flexibility index (Phi) is 23.2. The molecule has 0 aliphatic carbocycles. The first-order valence-electron chi connectivity index (χ1n) is 29.2. The van der Waals surface area contributed by atoms with Crippen LogP contribution in [-0.2, 0) is 0 Å². The van der Waals surface area contributed by atoms with Gasteiger partial charge in [0, 0.05) is 23.9 Å². The van der Waals surface area contributed by atoms with E-state index in [0.29, 0.717) is 0 Å². The van der Waals surface area contributed by atoms with Gasteiger partial charge in [0.05, 0.1) is 44.4 Å². The second kappa shape index (κ2) is 29.7. The van der Waals surface area contributed by atoms with Gasteiger partial charge in [0.15, 0.2) is 11.6 Å². The normalized spacial score (nSPS) is 14.2. The number of nitrogens with zero attached hydrogens (tertiary/aromatic N) is 6. The van der Waals surface area contributed by atoms with Crippen molar-refractivity contribution < 1.29 is 28.0 Å². The Hall–Kier alpha value is -5.36. The Morgan fingerprint density at radius 2 is 0.676 bits per heavy atom. The summed E-state index contributed by atoms with van der Waals surface area (Å²) in [5, 5.41) is 19.4. The summed E-state index contributed by atoms with van der Waals surface area (Å²) in [6, 6.07) is 6.81. The fraction of sp³-hybridized carbons (Fsp3) is 0.645. The average Bonchev–Trinajstić information content (AvgIpc) is 3.40. The molecule has 3 aromatic carbocycles. The number of carbonyl (C=O) groups excluding carboxylic acids is 4. The van der Waals surface area contributed by atoms with E-state index >= 15 is 18.4 Å². The molecule has 0 saturated carbocycles.